The number of aryl methyl sites for hydroxylation is 3. The van der Waals surface area contributed by atoms with Crippen LogP contribution in [0.1, 0.15) is 107 Å². The van der Waals surface area contributed by atoms with Crippen molar-refractivity contribution < 1.29 is 14.3 Å². The largest absolute Gasteiger partial charge is 0.459 e. The van der Waals surface area contributed by atoms with Crippen LogP contribution in [-0.2, 0) is 17.6 Å². The summed E-state index contributed by atoms with van der Waals surface area (Å²) in [6.45, 7) is 7.91. The molecule has 6 heteroatoms. The molecule has 1 aliphatic carbocycles. The van der Waals surface area contributed by atoms with Crippen molar-refractivity contribution in [3.05, 3.63) is 81.2 Å². The number of pyridine rings is 1. The first kappa shape index (κ1) is 30.0. The monoisotopic (exact) mass is 582 g/mol. The molecule has 0 unspecified atom stereocenters. The highest BCUT2D eigenvalue weighted by molar-refractivity contribution is 7.17. The second-order valence-corrected chi connectivity index (χ2v) is 12.9. The maximum absolute atomic E-state index is 14.1. The Kier molecular flexibility index (Phi) is 9.73. The van der Waals surface area contributed by atoms with Crippen LogP contribution in [0.2, 0.25) is 0 Å². The summed E-state index contributed by atoms with van der Waals surface area (Å²) in [7, 11) is 0. The minimum Gasteiger partial charge on any atom is -0.459 e. The minimum absolute atomic E-state index is 0.241. The lowest BCUT2D eigenvalue weighted by Gasteiger charge is -2.14. The highest BCUT2D eigenvalue weighted by atomic mass is 32.1. The first-order valence-electron chi connectivity index (χ1n) is 15.5. The van der Waals surface area contributed by atoms with E-state index in [9.17, 15) is 9.59 Å². The summed E-state index contributed by atoms with van der Waals surface area (Å²) in [5.41, 5.74) is 7.02. The number of carbonyl (C=O) groups is 2. The third-order valence-electron chi connectivity index (χ3n) is 8.21. The summed E-state index contributed by atoms with van der Waals surface area (Å²) in [6.07, 6.45) is 11.0. The van der Waals surface area contributed by atoms with E-state index in [2.05, 4.69) is 37.4 Å². The Balaban J connectivity index is 1.56. The molecular formula is C36H42N2O3S. The molecule has 1 N–H and O–H groups in total. The summed E-state index contributed by atoms with van der Waals surface area (Å²) < 4.78 is 5.74. The number of para-hydroxylation sites is 1. The number of anilines is 1. The number of nitrogens with zero attached hydrogens (tertiary/aromatic N) is 1. The quantitative estimate of drug-likeness (QED) is 0.238. The molecule has 0 saturated heterocycles. The van der Waals surface area contributed by atoms with E-state index in [4.69, 9.17) is 9.72 Å². The van der Waals surface area contributed by atoms with Crippen LogP contribution in [0.3, 0.4) is 0 Å². The van der Waals surface area contributed by atoms with Crippen LogP contribution in [-0.4, -0.2) is 23.0 Å². The van der Waals surface area contributed by atoms with Crippen molar-refractivity contribution in [3.63, 3.8) is 0 Å². The smallest absolute Gasteiger partial charge is 0.341 e. The number of esters is 1. The third-order valence-corrected chi connectivity index (χ3v) is 9.42. The molecule has 220 valence electrons. The fourth-order valence-corrected chi connectivity index (χ4v) is 7.06. The zero-order valence-electron chi connectivity index (χ0n) is 25.3. The fraction of sp³-hybridized carbons (Fsp3) is 0.417. The van der Waals surface area contributed by atoms with Gasteiger partial charge in [-0.25, -0.2) is 9.78 Å². The molecule has 0 atom stereocenters. The molecule has 1 aliphatic rings. The molecule has 0 saturated carbocycles. The number of fused-ring (bicyclic) bond motifs is 2. The molecule has 0 bridgehead atoms. The van der Waals surface area contributed by atoms with Gasteiger partial charge in [0.25, 0.3) is 5.91 Å². The Morgan fingerprint density at radius 2 is 1.55 bits per heavy atom. The van der Waals surface area contributed by atoms with E-state index >= 15 is 0 Å². The van der Waals surface area contributed by atoms with Crippen molar-refractivity contribution in [2.24, 2.45) is 0 Å². The minimum atomic E-state index is -0.347. The Labute approximate surface area is 253 Å². The highest BCUT2D eigenvalue weighted by Crippen LogP contribution is 2.38. The summed E-state index contributed by atoms with van der Waals surface area (Å²) in [4.78, 5) is 33.7. The summed E-state index contributed by atoms with van der Waals surface area (Å²) in [5.74, 6) is -0.588. The molecule has 0 spiro atoms. The second-order valence-electron chi connectivity index (χ2n) is 11.8. The topological polar surface area (TPSA) is 68.3 Å². The van der Waals surface area contributed by atoms with Gasteiger partial charge in [0.05, 0.1) is 28.4 Å². The number of ether oxygens (including phenoxy) is 1. The van der Waals surface area contributed by atoms with Gasteiger partial charge < -0.3 is 10.1 Å². The lowest BCUT2D eigenvalue weighted by atomic mass is 9.97. The van der Waals surface area contributed by atoms with Crippen LogP contribution < -0.4 is 5.32 Å². The van der Waals surface area contributed by atoms with Crippen molar-refractivity contribution in [2.45, 2.75) is 98.0 Å². The first-order chi connectivity index (χ1) is 20.3. The van der Waals surface area contributed by atoms with E-state index < -0.39 is 0 Å². The molecule has 0 fully saturated rings. The number of rotatable bonds is 5. The number of hydrogen-bond donors (Lipinski definition) is 1. The molecule has 0 radical (unpaired) electrons. The molecule has 4 aromatic rings. The van der Waals surface area contributed by atoms with Gasteiger partial charge in [0.1, 0.15) is 5.00 Å². The SMILES string of the molecule is Cc1ccc(-c2cc(C(=O)Nc3sc4c(c3C(=O)OC(C)C)CCCCCCCCCC4)c3ccccc3n2)cc1C. The molecule has 42 heavy (non-hydrogen) atoms. The first-order valence-corrected chi connectivity index (χ1v) is 16.3. The molecular weight excluding hydrogens is 540 g/mol. The number of amides is 1. The van der Waals surface area contributed by atoms with Crippen molar-refractivity contribution in [1.29, 1.82) is 0 Å². The fourth-order valence-electron chi connectivity index (χ4n) is 5.79. The lowest BCUT2D eigenvalue weighted by molar-refractivity contribution is 0.0378. The van der Waals surface area contributed by atoms with Gasteiger partial charge in [-0.05, 0) is 88.3 Å². The molecule has 2 aromatic carbocycles. The van der Waals surface area contributed by atoms with Gasteiger partial charge in [-0.3, -0.25) is 4.79 Å². The number of aromatic nitrogens is 1. The van der Waals surface area contributed by atoms with Crippen molar-refractivity contribution >= 4 is 39.1 Å². The Hall–Kier alpha value is -3.51. The van der Waals surface area contributed by atoms with Gasteiger partial charge in [0, 0.05) is 15.8 Å². The molecule has 5 nitrogen and oxygen atoms in total. The third kappa shape index (κ3) is 6.92. The zero-order valence-corrected chi connectivity index (χ0v) is 26.2. The van der Waals surface area contributed by atoms with Crippen LogP contribution >= 0.6 is 11.3 Å². The molecule has 2 aromatic heterocycles. The Morgan fingerprint density at radius 1 is 0.857 bits per heavy atom. The summed E-state index contributed by atoms with van der Waals surface area (Å²) in [5, 5.41) is 4.56. The standard InChI is InChI=1S/C36H42N2O3S/c1-23(2)41-36(40)33-28-16-11-9-7-5-6-8-10-12-18-32(28)42-35(33)38-34(39)29-22-31(26-20-19-24(3)25(4)21-26)37-30-17-14-13-15-27(29)30/h13-15,17,19-23H,5-12,16,18H2,1-4H3,(H,38,39). The summed E-state index contributed by atoms with van der Waals surface area (Å²) in [6, 6.07) is 15.9. The van der Waals surface area contributed by atoms with Crippen molar-refractivity contribution in [2.75, 3.05) is 5.32 Å². The number of hydrogen-bond acceptors (Lipinski definition) is 5. The number of benzene rings is 2. The van der Waals surface area contributed by atoms with Crippen LogP contribution in [0.4, 0.5) is 5.00 Å². The molecule has 0 aliphatic heterocycles. The van der Waals surface area contributed by atoms with Gasteiger partial charge in [-0.2, -0.15) is 0 Å². The predicted octanol–water partition coefficient (Wildman–Crippen LogP) is 9.62. The van der Waals surface area contributed by atoms with E-state index in [1.807, 2.05) is 44.2 Å². The lowest BCUT2D eigenvalue weighted by Crippen LogP contribution is -2.18. The normalized spacial score (nSPS) is 14.6. The summed E-state index contributed by atoms with van der Waals surface area (Å²) >= 11 is 1.55. The zero-order chi connectivity index (χ0) is 29.6. The van der Waals surface area contributed by atoms with Crippen LogP contribution in [0.5, 0.6) is 0 Å². The highest BCUT2D eigenvalue weighted by Gasteiger charge is 2.27. The van der Waals surface area contributed by atoms with Gasteiger partial charge in [-0.15, -0.1) is 11.3 Å². The van der Waals surface area contributed by atoms with Crippen molar-refractivity contribution in [1.82, 2.24) is 4.98 Å². The average Bonchev–Trinajstić information content (AvgIpc) is 3.29. The van der Waals surface area contributed by atoms with E-state index in [0.717, 1.165) is 59.8 Å². The Bertz CT molecular complexity index is 1590. The van der Waals surface area contributed by atoms with Crippen LogP contribution in [0, 0.1) is 13.8 Å². The van der Waals surface area contributed by atoms with Gasteiger partial charge in [0.15, 0.2) is 0 Å². The number of nitrogens with one attached hydrogen (secondary N) is 1. The van der Waals surface area contributed by atoms with Gasteiger partial charge in [0.2, 0.25) is 0 Å². The van der Waals surface area contributed by atoms with E-state index in [1.54, 1.807) is 11.3 Å². The molecule has 5 rings (SSSR count). The van der Waals surface area contributed by atoms with Gasteiger partial charge in [-0.1, -0.05) is 68.9 Å². The maximum atomic E-state index is 14.1. The number of thiophene rings is 1. The van der Waals surface area contributed by atoms with E-state index in [0.29, 0.717) is 16.1 Å². The Morgan fingerprint density at radius 3 is 2.26 bits per heavy atom. The van der Waals surface area contributed by atoms with Crippen molar-refractivity contribution in [3.8, 4) is 11.3 Å². The molecule has 1 amide bonds. The predicted molar refractivity (Wildman–Crippen MR) is 174 cm³/mol. The average molecular weight is 583 g/mol. The maximum Gasteiger partial charge on any atom is 0.341 e. The molecule has 2 heterocycles. The van der Waals surface area contributed by atoms with Crippen LogP contribution in [0.25, 0.3) is 22.2 Å². The van der Waals surface area contributed by atoms with E-state index in [1.165, 1.54) is 48.1 Å². The van der Waals surface area contributed by atoms with Crippen LogP contribution in [0.15, 0.2) is 48.5 Å². The van der Waals surface area contributed by atoms with E-state index in [-0.39, 0.29) is 18.0 Å². The number of carbonyl (C=O) groups excluding carboxylic acids is 2. The van der Waals surface area contributed by atoms with Gasteiger partial charge >= 0.3 is 5.97 Å². The second kappa shape index (κ2) is 13.6.